The fraction of sp³-hybridized carbons (Fsp3) is 0.111. The van der Waals surface area contributed by atoms with Crippen molar-refractivity contribution < 1.29 is 42.1 Å². The molecule has 0 atom stereocenters. The zero-order valence-electron chi connectivity index (χ0n) is 15.5. The Morgan fingerprint density at radius 1 is 1.03 bits per heavy atom. The number of rotatable bonds is 2. The third-order valence-electron chi connectivity index (χ3n) is 3.48. The first-order valence-corrected chi connectivity index (χ1v) is 8.09. The Hall–Kier alpha value is -3.05. The molecular formula is C18H11F5IrN7. The number of halogens is 5. The van der Waals surface area contributed by atoms with E-state index < -0.39 is 23.6 Å². The van der Waals surface area contributed by atoms with Crippen molar-refractivity contribution in [3.8, 4) is 11.4 Å². The quantitative estimate of drug-likeness (QED) is 0.252. The van der Waals surface area contributed by atoms with Crippen LogP contribution in [0.3, 0.4) is 0 Å². The predicted molar refractivity (Wildman–Crippen MR) is 95.1 cm³/mol. The van der Waals surface area contributed by atoms with Crippen molar-refractivity contribution in [3.05, 3.63) is 73.2 Å². The first-order valence-electron chi connectivity index (χ1n) is 8.09. The maximum atomic E-state index is 13.1. The van der Waals surface area contributed by atoms with Crippen LogP contribution in [-0.2, 0) is 26.3 Å². The van der Waals surface area contributed by atoms with Crippen LogP contribution in [0.4, 0.5) is 27.6 Å². The van der Waals surface area contributed by atoms with E-state index in [0.29, 0.717) is 5.69 Å². The molecule has 0 saturated carbocycles. The monoisotopic (exact) mass is 613 g/mol. The van der Waals surface area contributed by atoms with Crippen LogP contribution < -0.4 is 5.01 Å². The molecule has 13 heteroatoms. The fourth-order valence-electron chi connectivity index (χ4n) is 2.13. The Labute approximate surface area is 187 Å². The van der Waals surface area contributed by atoms with E-state index in [1.165, 1.54) is 23.7 Å². The second kappa shape index (κ2) is 10.3. The summed E-state index contributed by atoms with van der Waals surface area (Å²) in [5, 5.41) is 5.39. The second-order valence-corrected chi connectivity index (χ2v) is 5.67. The number of alkyl halides is 3. The van der Waals surface area contributed by atoms with Gasteiger partial charge >= 0.3 is 26.3 Å². The van der Waals surface area contributed by atoms with Crippen LogP contribution in [0.25, 0.3) is 11.4 Å². The summed E-state index contributed by atoms with van der Waals surface area (Å²) in [4.78, 5) is 15.6. The number of hydrogen-bond donors (Lipinski definition) is 0. The van der Waals surface area contributed by atoms with Crippen molar-refractivity contribution in [2.45, 2.75) is 6.18 Å². The van der Waals surface area contributed by atoms with Gasteiger partial charge in [0.25, 0.3) is 0 Å². The molecule has 0 aliphatic carbocycles. The van der Waals surface area contributed by atoms with Gasteiger partial charge in [-0.05, 0) is 7.05 Å². The molecule has 0 N–H and O–H groups in total. The maximum absolute atomic E-state index is 13.1. The Bertz CT molecular complexity index is 1020. The van der Waals surface area contributed by atoms with E-state index in [0.717, 1.165) is 18.2 Å². The summed E-state index contributed by atoms with van der Waals surface area (Å²) in [6.07, 6.45) is -0.368. The molecule has 2 aromatic heterocycles. The normalized spacial score (nSPS) is 12.8. The van der Waals surface area contributed by atoms with E-state index in [1.54, 1.807) is 25.0 Å². The summed E-state index contributed by atoms with van der Waals surface area (Å²) in [5.74, 6) is -1.85. The summed E-state index contributed by atoms with van der Waals surface area (Å²) in [7, 11) is 1.77. The molecule has 31 heavy (non-hydrogen) atoms. The van der Waals surface area contributed by atoms with Crippen molar-refractivity contribution >= 4 is 12.0 Å². The SMILES string of the molecule is CN1C=NN(c2[c-]cc(C(F)(F)F)cc2)[CH-]1.Fc1c[c-]c(-c2ncncn2)c(F)n1.[Ir+3]. The van der Waals surface area contributed by atoms with Gasteiger partial charge in [0.2, 0.25) is 0 Å². The van der Waals surface area contributed by atoms with Crippen LogP contribution in [0.15, 0.2) is 42.0 Å². The van der Waals surface area contributed by atoms with Crippen LogP contribution in [0.1, 0.15) is 5.56 Å². The molecule has 0 saturated heterocycles. The zero-order chi connectivity index (χ0) is 21.7. The summed E-state index contributed by atoms with van der Waals surface area (Å²) in [6.45, 7) is 1.64. The van der Waals surface area contributed by atoms with E-state index in [9.17, 15) is 22.0 Å². The summed E-state index contributed by atoms with van der Waals surface area (Å²) in [6, 6.07) is 9.07. The molecule has 1 aromatic carbocycles. The number of aromatic nitrogens is 4. The van der Waals surface area contributed by atoms with Gasteiger partial charge in [0.15, 0.2) is 0 Å². The number of hydrazone groups is 1. The van der Waals surface area contributed by atoms with Gasteiger partial charge in [-0.1, -0.05) is 22.9 Å². The molecule has 7 nitrogen and oxygen atoms in total. The summed E-state index contributed by atoms with van der Waals surface area (Å²) in [5.41, 5.74) is -0.324. The van der Waals surface area contributed by atoms with Crippen molar-refractivity contribution in [2.75, 3.05) is 12.1 Å². The van der Waals surface area contributed by atoms with Crippen LogP contribution in [-0.4, -0.2) is 38.2 Å². The van der Waals surface area contributed by atoms with E-state index in [2.05, 4.69) is 37.2 Å². The molecule has 0 amide bonds. The van der Waals surface area contributed by atoms with E-state index >= 15 is 0 Å². The first kappa shape index (κ1) is 24.2. The molecule has 162 valence electrons. The minimum Gasteiger partial charge on any atom is -0.493 e. The number of benzene rings is 1. The largest absolute Gasteiger partial charge is 3.00 e. The van der Waals surface area contributed by atoms with Gasteiger partial charge in [0.1, 0.15) is 24.6 Å². The topological polar surface area (TPSA) is 70.4 Å². The predicted octanol–water partition coefficient (Wildman–Crippen LogP) is 3.33. The van der Waals surface area contributed by atoms with Crippen LogP contribution in [0.5, 0.6) is 0 Å². The average Bonchev–Trinajstić information content (AvgIpc) is 3.15. The maximum Gasteiger partial charge on any atom is 3.00 e. The fourth-order valence-corrected chi connectivity index (χ4v) is 2.13. The minimum atomic E-state index is -4.33. The van der Waals surface area contributed by atoms with Crippen LogP contribution >= 0.6 is 0 Å². The van der Waals surface area contributed by atoms with Gasteiger partial charge < -0.3 is 9.91 Å². The third-order valence-corrected chi connectivity index (χ3v) is 3.48. The smallest absolute Gasteiger partial charge is 0.493 e. The number of anilines is 1. The van der Waals surface area contributed by atoms with Gasteiger partial charge in [-0.25, -0.2) is 13.8 Å². The molecule has 0 unspecified atom stereocenters. The molecule has 0 radical (unpaired) electrons. The number of hydrogen-bond acceptors (Lipinski definition) is 7. The molecule has 0 fully saturated rings. The van der Waals surface area contributed by atoms with Crippen molar-refractivity contribution in [3.63, 3.8) is 0 Å². The zero-order valence-corrected chi connectivity index (χ0v) is 17.9. The van der Waals surface area contributed by atoms with Crippen molar-refractivity contribution in [1.29, 1.82) is 0 Å². The molecular weight excluding hydrogens is 601 g/mol. The molecule has 4 rings (SSSR count). The Balaban J connectivity index is 0.000000215. The van der Waals surface area contributed by atoms with Crippen LogP contribution in [0.2, 0.25) is 0 Å². The van der Waals surface area contributed by atoms with Gasteiger partial charge in [-0.2, -0.15) is 36.5 Å². The van der Waals surface area contributed by atoms with Crippen molar-refractivity contribution in [1.82, 2.24) is 24.8 Å². The van der Waals surface area contributed by atoms with Gasteiger partial charge in [0.05, 0.1) is 12.2 Å². The Kier molecular flexibility index (Phi) is 8.06. The molecule has 1 aliphatic heterocycles. The molecule has 3 heterocycles. The minimum absolute atomic E-state index is 0. The molecule has 1 aliphatic rings. The van der Waals surface area contributed by atoms with Gasteiger partial charge in [0, 0.05) is 0 Å². The van der Waals surface area contributed by atoms with E-state index in [-0.39, 0.29) is 31.5 Å². The van der Waals surface area contributed by atoms with E-state index in [4.69, 9.17) is 0 Å². The summed E-state index contributed by atoms with van der Waals surface area (Å²) < 4.78 is 62.3. The van der Waals surface area contributed by atoms with E-state index in [1.807, 2.05) is 0 Å². The van der Waals surface area contributed by atoms with Gasteiger partial charge in [-0.3, -0.25) is 15.0 Å². The second-order valence-electron chi connectivity index (χ2n) is 5.67. The Morgan fingerprint density at radius 3 is 2.26 bits per heavy atom. The van der Waals surface area contributed by atoms with Gasteiger partial charge in [-0.15, -0.1) is 18.8 Å². The van der Waals surface area contributed by atoms with Crippen molar-refractivity contribution in [2.24, 2.45) is 5.10 Å². The molecule has 0 bridgehead atoms. The average molecular weight is 613 g/mol. The summed E-state index contributed by atoms with van der Waals surface area (Å²) >= 11 is 0. The standard InChI is InChI=1S/C10H8F3N3.C8H3F2N4.Ir/c1-15-6-14-16(7-15)9-4-2-8(3-5-9)10(11,12)13;9-6-2-1-5(7(10)14-6)8-12-3-11-4-13-8;/h2-4,6-7H,1H3;2-4H;/q-2;-1;+3. The Morgan fingerprint density at radius 2 is 1.74 bits per heavy atom. The number of pyridine rings is 1. The number of nitrogens with zero attached hydrogens (tertiary/aromatic N) is 7. The molecule has 0 spiro atoms. The first-order chi connectivity index (χ1) is 14.2. The third kappa shape index (κ3) is 6.46. The van der Waals surface area contributed by atoms with Crippen LogP contribution in [0, 0.1) is 30.7 Å². The molecule has 3 aromatic rings.